The molecule has 2 heterocycles. The lowest BCUT2D eigenvalue weighted by Crippen LogP contribution is -2.07. The number of nitrogen functional groups attached to an aromatic ring is 1. The van der Waals surface area contributed by atoms with E-state index in [9.17, 15) is 0 Å². The van der Waals surface area contributed by atoms with Gasteiger partial charge in [0.1, 0.15) is 5.82 Å². The van der Waals surface area contributed by atoms with Crippen LogP contribution < -0.4 is 5.73 Å². The third kappa shape index (κ3) is 3.13. The number of hydrogen-bond acceptors (Lipinski definition) is 4. The molecular formula is C15H21N3S. The van der Waals surface area contributed by atoms with E-state index in [1.807, 2.05) is 6.07 Å². The minimum absolute atomic E-state index is 0.157. The van der Waals surface area contributed by atoms with E-state index in [-0.39, 0.29) is 5.41 Å². The molecule has 0 atom stereocenters. The van der Waals surface area contributed by atoms with Crippen molar-refractivity contribution in [2.45, 2.75) is 46.0 Å². The summed E-state index contributed by atoms with van der Waals surface area (Å²) in [6, 6.07) is 6.10. The van der Waals surface area contributed by atoms with Crippen molar-refractivity contribution in [3.05, 3.63) is 28.8 Å². The Balaban J connectivity index is 2.44. The molecule has 0 amide bonds. The second-order valence-corrected chi connectivity index (χ2v) is 7.19. The quantitative estimate of drug-likeness (QED) is 0.893. The average Bonchev–Trinajstić information content (AvgIpc) is 2.76. The fraction of sp³-hybridized carbons (Fsp3) is 0.467. The Labute approximate surface area is 118 Å². The maximum Gasteiger partial charge on any atom is 0.171 e. The van der Waals surface area contributed by atoms with Crippen LogP contribution >= 0.6 is 11.3 Å². The summed E-state index contributed by atoms with van der Waals surface area (Å²) in [5, 5.41) is 0. The standard InChI is InChI=1S/C15H21N3S/c1-9(2)10-8-13(16)18-14(17-10)11-6-7-12(19-11)15(3,4)5/h6-9H,1-5H3,(H2,16,17,18). The molecule has 0 aromatic carbocycles. The van der Waals surface area contributed by atoms with Crippen molar-refractivity contribution in [3.63, 3.8) is 0 Å². The Morgan fingerprint density at radius 2 is 1.84 bits per heavy atom. The number of anilines is 1. The number of aromatic nitrogens is 2. The van der Waals surface area contributed by atoms with E-state index in [2.05, 4.69) is 56.7 Å². The van der Waals surface area contributed by atoms with Crippen molar-refractivity contribution >= 4 is 17.2 Å². The van der Waals surface area contributed by atoms with Crippen molar-refractivity contribution in [2.24, 2.45) is 0 Å². The van der Waals surface area contributed by atoms with Gasteiger partial charge in [-0.15, -0.1) is 11.3 Å². The summed E-state index contributed by atoms with van der Waals surface area (Å²) in [6.45, 7) is 10.9. The fourth-order valence-corrected chi connectivity index (χ4v) is 2.75. The van der Waals surface area contributed by atoms with Crippen molar-refractivity contribution in [1.29, 1.82) is 0 Å². The second-order valence-electron chi connectivity index (χ2n) is 6.11. The van der Waals surface area contributed by atoms with E-state index in [1.165, 1.54) is 4.88 Å². The van der Waals surface area contributed by atoms with Crippen LogP contribution in [-0.2, 0) is 5.41 Å². The Kier molecular flexibility index (Phi) is 3.63. The van der Waals surface area contributed by atoms with Crippen molar-refractivity contribution < 1.29 is 0 Å². The smallest absolute Gasteiger partial charge is 0.171 e. The first-order chi connectivity index (χ1) is 8.77. The summed E-state index contributed by atoms with van der Waals surface area (Å²) in [6.07, 6.45) is 0. The first-order valence-electron chi connectivity index (χ1n) is 6.52. The largest absolute Gasteiger partial charge is 0.384 e. The highest BCUT2D eigenvalue weighted by atomic mass is 32.1. The normalized spacial score (nSPS) is 12.1. The highest BCUT2D eigenvalue weighted by Crippen LogP contribution is 2.34. The van der Waals surface area contributed by atoms with Gasteiger partial charge in [-0.2, -0.15) is 0 Å². The monoisotopic (exact) mass is 275 g/mol. The van der Waals surface area contributed by atoms with Crippen molar-refractivity contribution in [2.75, 3.05) is 5.73 Å². The lowest BCUT2D eigenvalue weighted by Gasteiger charge is -2.15. The summed E-state index contributed by atoms with van der Waals surface area (Å²) < 4.78 is 0. The summed E-state index contributed by atoms with van der Waals surface area (Å²) in [5.74, 6) is 1.63. The molecule has 0 saturated carbocycles. The molecule has 2 N–H and O–H groups in total. The lowest BCUT2D eigenvalue weighted by molar-refractivity contribution is 0.604. The average molecular weight is 275 g/mol. The summed E-state index contributed by atoms with van der Waals surface area (Å²) in [5.41, 5.74) is 7.03. The van der Waals surface area contributed by atoms with Crippen LogP contribution in [-0.4, -0.2) is 9.97 Å². The zero-order valence-corrected chi connectivity index (χ0v) is 13.0. The Bertz CT molecular complexity index is 579. The fourth-order valence-electron chi connectivity index (χ4n) is 1.75. The van der Waals surface area contributed by atoms with Crippen LogP contribution in [0.15, 0.2) is 18.2 Å². The van der Waals surface area contributed by atoms with Gasteiger partial charge in [-0.1, -0.05) is 34.6 Å². The van der Waals surface area contributed by atoms with E-state index in [1.54, 1.807) is 11.3 Å². The maximum absolute atomic E-state index is 5.88. The van der Waals surface area contributed by atoms with Crippen LogP contribution in [0.4, 0.5) is 5.82 Å². The molecule has 0 aliphatic rings. The molecular weight excluding hydrogens is 254 g/mol. The van der Waals surface area contributed by atoms with Gasteiger partial charge >= 0.3 is 0 Å². The molecule has 0 saturated heterocycles. The number of nitrogens with zero attached hydrogens (tertiary/aromatic N) is 2. The van der Waals surface area contributed by atoms with Gasteiger partial charge in [0.25, 0.3) is 0 Å². The Morgan fingerprint density at radius 3 is 2.37 bits per heavy atom. The molecule has 2 aromatic rings. The molecule has 0 unspecified atom stereocenters. The molecule has 0 aliphatic heterocycles. The van der Waals surface area contributed by atoms with Gasteiger partial charge in [0.05, 0.1) is 4.88 Å². The highest BCUT2D eigenvalue weighted by molar-refractivity contribution is 7.15. The number of hydrogen-bond donors (Lipinski definition) is 1. The van der Waals surface area contributed by atoms with Gasteiger partial charge in [-0.25, -0.2) is 9.97 Å². The minimum atomic E-state index is 0.157. The molecule has 3 nitrogen and oxygen atoms in total. The Morgan fingerprint density at radius 1 is 1.16 bits per heavy atom. The first-order valence-corrected chi connectivity index (χ1v) is 7.34. The predicted octanol–water partition coefficient (Wildman–Crippen LogP) is 4.21. The SMILES string of the molecule is CC(C)c1cc(N)nc(-c2ccc(C(C)(C)C)s2)n1. The molecule has 4 heteroatoms. The van der Waals surface area contributed by atoms with Crippen LogP contribution in [0.3, 0.4) is 0 Å². The van der Waals surface area contributed by atoms with Gasteiger partial charge in [-0.05, 0) is 23.5 Å². The number of thiophene rings is 1. The van der Waals surface area contributed by atoms with Gasteiger partial charge in [0, 0.05) is 16.6 Å². The van der Waals surface area contributed by atoms with E-state index in [4.69, 9.17) is 5.73 Å². The van der Waals surface area contributed by atoms with Crippen molar-refractivity contribution in [3.8, 4) is 10.7 Å². The number of nitrogens with two attached hydrogens (primary N) is 1. The molecule has 102 valence electrons. The van der Waals surface area contributed by atoms with Crippen LogP contribution in [0.5, 0.6) is 0 Å². The third-order valence-corrected chi connectivity index (χ3v) is 4.43. The molecule has 0 aliphatic carbocycles. The lowest BCUT2D eigenvalue weighted by atomic mass is 9.95. The summed E-state index contributed by atoms with van der Waals surface area (Å²) in [7, 11) is 0. The van der Waals surface area contributed by atoms with Gasteiger partial charge < -0.3 is 5.73 Å². The summed E-state index contributed by atoms with van der Waals surface area (Å²) >= 11 is 1.74. The van der Waals surface area contributed by atoms with E-state index in [0.717, 1.165) is 16.4 Å². The zero-order valence-electron chi connectivity index (χ0n) is 12.2. The van der Waals surface area contributed by atoms with Crippen LogP contribution in [0.2, 0.25) is 0 Å². The highest BCUT2D eigenvalue weighted by Gasteiger charge is 2.18. The number of rotatable bonds is 2. The first kappa shape index (κ1) is 14.0. The third-order valence-electron chi connectivity index (χ3n) is 2.92. The second kappa shape index (κ2) is 4.93. The molecule has 2 aromatic heterocycles. The van der Waals surface area contributed by atoms with E-state index >= 15 is 0 Å². The maximum atomic E-state index is 5.88. The molecule has 0 bridgehead atoms. The Hall–Kier alpha value is -1.42. The van der Waals surface area contributed by atoms with Gasteiger partial charge in [0.15, 0.2) is 5.82 Å². The molecule has 19 heavy (non-hydrogen) atoms. The van der Waals surface area contributed by atoms with E-state index in [0.29, 0.717) is 11.7 Å². The van der Waals surface area contributed by atoms with Crippen LogP contribution in [0.1, 0.15) is 51.1 Å². The zero-order chi connectivity index (χ0) is 14.2. The molecule has 0 radical (unpaired) electrons. The van der Waals surface area contributed by atoms with E-state index < -0.39 is 0 Å². The molecule has 2 rings (SSSR count). The predicted molar refractivity (Wildman–Crippen MR) is 82.5 cm³/mol. The molecule has 0 fully saturated rings. The van der Waals surface area contributed by atoms with Gasteiger partial charge in [-0.3, -0.25) is 0 Å². The van der Waals surface area contributed by atoms with Crippen LogP contribution in [0.25, 0.3) is 10.7 Å². The summed E-state index contributed by atoms with van der Waals surface area (Å²) in [4.78, 5) is 11.4. The van der Waals surface area contributed by atoms with Crippen molar-refractivity contribution in [1.82, 2.24) is 9.97 Å². The van der Waals surface area contributed by atoms with Gasteiger partial charge in [0.2, 0.25) is 0 Å². The minimum Gasteiger partial charge on any atom is -0.384 e. The topological polar surface area (TPSA) is 51.8 Å². The van der Waals surface area contributed by atoms with Crippen LogP contribution in [0, 0.1) is 0 Å². The molecule has 0 spiro atoms.